The van der Waals surface area contributed by atoms with Gasteiger partial charge in [0, 0.05) is 17.1 Å². The second kappa shape index (κ2) is 5.09. The number of nitrogens with zero attached hydrogens (tertiary/aromatic N) is 3. The molecule has 0 aliphatic rings. The van der Waals surface area contributed by atoms with E-state index in [-0.39, 0.29) is 11.7 Å². The van der Waals surface area contributed by atoms with Gasteiger partial charge >= 0.3 is 0 Å². The zero-order valence-corrected chi connectivity index (χ0v) is 12.0. The van der Waals surface area contributed by atoms with E-state index in [4.69, 9.17) is 0 Å². The molecule has 20 heavy (non-hydrogen) atoms. The Morgan fingerprint density at radius 2 is 2.10 bits per heavy atom. The predicted octanol–water partition coefficient (Wildman–Crippen LogP) is 3.44. The number of hydrogen-bond donors (Lipinski definition) is 0. The van der Waals surface area contributed by atoms with E-state index in [1.54, 1.807) is 6.20 Å². The summed E-state index contributed by atoms with van der Waals surface area (Å²) in [6.45, 7) is 4.02. The molecular weight excluding hydrogens is 270 g/mol. The highest BCUT2D eigenvalue weighted by atomic mass is 32.1. The Morgan fingerprint density at radius 1 is 1.25 bits per heavy atom. The second-order valence-corrected chi connectivity index (χ2v) is 5.64. The Labute approximate surface area is 120 Å². The van der Waals surface area contributed by atoms with Crippen molar-refractivity contribution in [2.45, 2.75) is 19.8 Å². The monoisotopic (exact) mass is 283 g/mol. The summed E-state index contributed by atoms with van der Waals surface area (Å²) in [4.78, 5) is 17.5. The zero-order chi connectivity index (χ0) is 14.1. The fraction of sp³-hybridized carbons (Fsp3) is 0.200. The Kier molecular flexibility index (Phi) is 3.28. The molecule has 0 saturated heterocycles. The Hall–Kier alpha value is -2.14. The van der Waals surface area contributed by atoms with Crippen LogP contribution in [0.15, 0.2) is 36.5 Å². The number of hydrogen-bond acceptors (Lipinski definition) is 5. The third-order valence-electron chi connectivity index (χ3n) is 3.13. The van der Waals surface area contributed by atoms with Gasteiger partial charge in [-0.3, -0.25) is 9.78 Å². The van der Waals surface area contributed by atoms with Crippen molar-refractivity contribution in [2.75, 3.05) is 0 Å². The highest BCUT2D eigenvalue weighted by Gasteiger charge is 2.20. The molecule has 0 fully saturated rings. The molecule has 2 aromatic heterocycles. The van der Waals surface area contributed by atoms with Gasteiger partial charge < -0.3 is 0 Å². The average molecular weight is 283 g/mol. The first-order valence-corrected chi connectivity index (χ1v) is 7.16. The largest absolute Gasteiger partial charge is 0.288 e. The molecule has 0 N–H and O–H groups in total. The van der Waals surface area contributed by atoms with E-state index in [2.05, 4.69) is 14.6 Å². The van der Waals surface area contributed by atoms with Crippen LogP contribution < -0.4 is 0 Å². The molecule has 0 amide bonds. The topological polar surface area (TPSA) is 55.7 Å². The summed E-state index contributed by atoms with van der Waals surface area (Å²) >= 11 is 1.16. The van der Waals surface area contributed by atoms with Crippen molar-refractivity contribution in [3.63, 3.8) is 0 Å². The van der Waals surface area contributed by atoms with Crippen molar-refractivity contribution in [2.24, 2.45) is 0 Å². The summed E-state index contributed by atoms with van der Waals surface area (Å²) < 4.78 is 3.91. The van der Waals surface area contributed by atoms with Crippen LogP contribution in [0, 0.1) is 0 Å². The summed E-state index contributed by atoms with van der Waals surface area (Å²) in [5.41, 5.74) is 2.31. The molecule has 0 bridgehead atoms. The van der Waals surface area contributed by atoms with E-state index < -0.39 is 0 Å². The molecule has 0 spiro atoms. The molecule has 0 saturated carbocycles. The molecule has 100 valence electrons. The SMILES string of the molecule is CC(C)c1nnsc1C(=O)c1ccc2ncccc2c1. The Bertz CT molecular complexity index is 779. The van der Waals surface area contributed by atoms with Crippen LogP contribution in [0.25, 0.3) is 10.9 Å². The second-order valence-electron chi connectivity index (χ2n) is 4.88. The van der Waals surface area contributed by atoms with E-state index in [0.717, 1.165) is 28.1 Å². The van der Waals surface area contributed by atoms with Crippen LogP contribution in [0.5, 0.6) is 0 Å². The van der Waals surface area contributed by atoms with Crippen molar-refractivity contribution in [1.29, 1.82) is 0 Å². The minimum atomic E-state index is -0.0190. The van der Waals surface area contributed by atoms with Crippen LogP contribution in [0.1, 0.15) is 40.7 Å². The lowest BCUT2D eigenvalue weighted by atomic mass is 10.0. The fourth-order valence-electron chi connectivity index (χ4n) is 2.08. The average Bonchev–Trinajstić information content (AvgIpc) is 2.95. The molecule has 0 aliphatic heterocycles. The van der Waals surface area contributed by atoms with E-state index in [1.807, 2.05) is 44.2 Å². The lowest BCUT2D eigenvalue weighted by Crippen LogP contribution is -2.04. The molecule has 1 aromatic carbocycles. The van der Waals surface area contributed by atoms with Crippen LogP contribution in [0.4, 0.5) is 0 Å². The number of pyridine rings is 1. The van der Waals surface area contributed by atoms with Crippen molar-refractivity contribution < 1.29 is 4.79 Å². The van der Waals surface area contributed by atoms with E-state index >= 15 is 0 Å². The molecular formula is C15H13N3OS. The summed E-state index contributed by atoms with van der Waals surface area (Å²) in [5.74, 6) is 0.171. The summed E-state index contributed by atoms with van der Waals surface area (Å²) in [6.07, 6.45) is 1.74. The lowest BCUT2D eigenvalue weighted by molar-refractivity contribution is 0.104. The molecule has 3 aromatic rings. The number of carbonyl (C=O) groups is 1. The van der Waals surface area contributed by atoms with Crippen LogP contribution in [0.3, 0.4) is 0 Å². The molecule has 0 unspecified atom stereocenters. The number of benzene rings is 1. The quantitative estimate of drug-likeness (QED) is 0.691. The van der Waals surface area contributed by atoms with Gasteiger partial charge in [-0.1, -0.05) is 24.4 Å². The number of fused-ring (bicyclic) bond motifs is 1. The van der Waals surface area contributed by atoms with Gasteiger partial charge in [0.2, 0.25) is 5.78 Å². The summed E-state index contributed by atoms with van der Waals surface area (Å²) in [6, 6.07) is 9.36. The van der Waals surface area contributed by atoms with Crippen molar-refractivity contribution in [1.82, 2.24) is 14.6 Å². The molecule has 3 rings (SSSR count). The molecule has 0 radical (unpaired) electrons. The highest BCUT2D eigenvalue weighted by molar-refractivity contribution is 7.08. The maximum absolute atomic E-state index is 12.6. The number of aromatic nitrogens is 3. The number of rotatable bonds is 3. The third kappa shape index (κ3) is 2.20. The minimum absolute atomic E-state index is 0.0190. The normalized spacial score (nSPS) is 11.2. The van der Waals surface area contributed by atoms with Crippen LogP contribution in [0.2, 0.25) is 0 Å². The van der Waals surface area contributed by atoms with E-state index in [0.29, 0.717) is 10.4 Å². The van der Waals surface area contributed by atoms with Gasteiger partial charge in [0.25, 0.3) is 0 Å². The van der Waals surface area contributed by atoms with Crippen molar-refractivity contribution in [3.05, 3.63) is 52.7 Å². The summed E-state index contributed by atoms with van der Waals surface area (Å²) in [5, 5.41) is 5.02. The first kappa shape index (κ1) is 12.9. The van der Waals surface area contributed by atoms with E-state index in [1.165, 1.54) is 0 Å². The smallest absolute Gasteiger partial charge is 0.206 e. The zero-order valence-electron chi connectivity index (χ0n) is 11.2. The first-order valence-electron chi connectivity index (χ1n) is 6.38. The minimum Gasteiger partial charge on any atom is -0.288 e. The van der Waals surface area contributed by atoms with Gasteiger partial charge in [0.15, 0.2) is 0 Å². The fourth-order valence-corrected chi connectivity index (χ4v) is 2.86. The Morgan fingerprint density at radius 3 is 2.90 bits per heavy atom. The maximum Gasteiger partial charge on any atom is 0.206 e. The molecule has 5 heteroatoms. The highest BCUT2D eigenvalue weighted by Crippen LogP contribution is 2.24. The lowest BCUT2D eigenvalue weighted by Gasteiger charge is -2.04. The van der Waals surface area contributed by atoms with Gasteiger partial charge in [-0.05, 0) is 41.7 Å². The first-order chi connectivity index (χ1) is 9.66. The molecule has 0 atom stereocenters. The summed E-state index contributed by atoms with van der Waals surface area (Å²) in [7, 11) is 0. The van der Waals surface area contributed by atoms with Gasteiger partial charge in [0.1, 0.15) is 4.88 Å². The van der Waals surface area contributed by atoms with Crippen LogP contribution in [-0.2, 0) is 0 Å². The Balaban J connectivity index is 2.06. The molecule has 4 nitrogen and oxygen atoms in total. The van der Waals surface area contributed by atoms with E-state index in [9.17, 15) is 4.79 Å². The molecule has 0 aliphatic carbocycles. The predicted molar refractivity (Wildman–Crippen MR) is 79.2 cm³/mol. The third-order valence-corrected chi connectivity index (χ3v) is 3.87. The van der Waals surface area contributed by atoms with Gasteiger partial charge in [-0.25, -0.2) is 0 Å². The van der Waals surface area contributed by atoms with Crippen LogP contribution >= 0.6 is 11.5 Å². The number of ketones is 1. The van der Waals surface area contributed by atoms with Gasteiger partial charge in [-0.15, -0.1) is 5.10 Å². The van der Waals surface area contributed by atoms with Crippen molar-refractivity contribution >= 4 is 28.2 Å². The van der Waals surface area contributed by atoms with Crippen LogP contribution in [-0.4, -0.2) is 20.4 Å². The standard InChI is InChI=1S/C15H13N3OS/c1-9(2)13-15(20-18-17-13)14(19)11-5-6-12-10(8-11)4-3-7-16-12/h3-9H,1-2H3. The molecule has 2 heterocycles. The van der Waals surface area contributed by atoms with Gasteiger partial charge in [0.05, 0.1) is 11.2 Å². The number of carbonyl (C=O) groups excluding carboxylic acids is 1. The van der Waals surface area contributed by atoms with Gasteiger partial charge in [-0.2, -0.15) is 0 Å². The maximum atomic E-state index is 12.6. The van der Waals surface area contributed by atoms with Crippen molar-refractivity contribution in [3.8, 4) is 0 Å².